The maximum absolute atomic E-state index is 13.3. The summed E-state index contributed by atoms with van der Waals surface area (Å²) < 4.78 is 25.5. The van der Waals surface area contributed by atoms with E-state index in [4.69, 9.17) is 9.47 Å². The molecule has 2 atom stereocenters. The first-order valence-electron chi connectivity index (χ1n) is 9.29. The number of ether oxygens (including phenoxy) is 2. The molecule has 0 bridgehead atoms. The Labute approximate surface area is 147 Å². The zero-order valence-corrected chi connectivity index (χ0v) is 14.5. The summed E-state index contributed by atoms with van der Waals surface area (Å²) in [6.45, 7) is 3.19. The Morgan fingerprint density at radius 1 is 1.40 bits per heavy atom. The molecule has 1 amide bonds. The van der Waals surface area contributed by atoms with E-state index >= 15 is 0 Å². The van der Waals surface area contributed by atoms with Crippen LogP contribution in [0.5, 0.6) is 0 Å². The second kappa shape index (κ2) is 7.00. The van der Waals surface area contributed by atoms with Crippen LogP contribution in [0, 0.1) is 17.8 Å². The average molecular weight is 348 g/mol. The molecule has 3 aliphatic rings. The molecule has 1 aliphatic heterocycles. The highest BCUT2D eigenvalue weighted by molar-refractivity contribution is 5.94. The van der Waals surface area contributed by atoms with E-state index in [0.29, 0.717) is 37.8 Å². The van der Waals surface area contributed by atoms with E-state index in [-0.39, 0.29) is 11.5 Å². The number of carbonyl (C=O) groups is 1. The number of morpholine rings is 1. The molecule has 0 unspecified atom stereocenters. The summed E-state index contributed by atoms with van der Waals surface area (Å²) in [5, 5.41) is 0. The van der Waals surface area contributed by atoms with Crippen molar-refractivity contribution in [2.24, 2.45) is 11.8 Å². The molecule has 6 heteroatoms. The third-order valence-electron chi connectivity index (χ3n) is 5.74. The number of aromatic nitrogens is 1. The fourth-order valence-electron chi connectivity index (χ4n) is 4.11. The maximum atomic E-state index is 13.3. The Kier molecular flexibility index (Phi) is 4.73. The molecule has 2 aliphatic carbocycles. The van der Waals surface area contributed by atoms with Gasteiger partial charge in [0.15, 0.2) is 0 Å². The van der Waals surface area contributed by atoms with Gasteiger partial charge in [0.1, 0.15) is 0 Å². The van der Waals surface area contributed by atoms with Crippen LogP contribution in [-0.4, -0.2) is 54.3 Å². The Morgan fingerprint density at radius 2 is 2.28 bits per heavy atom. The molecule has 1 aromatic heterocycles. The lowest BCUT2D eigenvalue weighted by Gasteiger charge is -2.44. The minimum atomic E-state index is -0.624. The molecule has 5 nitrogen and oxygen atoms in total. The molecular formula is C19H25FN2O3. The third-order valence-corrected chi connectivity index (χ3v) is 5.74. The van der Waals surface area contributed by atoms with E-state index in [1.165, 1.54) is 25.1 Å². The van der Waals surface area contributed by atoms with Gasteiger partial charge in [0.2, 0.25) is 5.95 Å². The van der Waals surface area contributed by atoms with Gasteiger partial charge in [0, 0.05) is 36.9 Å². The molecule has 25 heavy (non-hydrogen) atoms. The maximum Gasteiger partial charge on any atom is 0.254 e. The number of rotatable bonds is 5. The predicted octanol–water partition coefficient (Wildman–Crippen LogP) is 2.66. The van der Waals surface area contributed by atoms with Crippen LogP contribution >= 0.6 is 0 Å². The molecule has 1 spiro atoms. The third kappa shape index (κ3) is 3.70. The summed E-state index contributed by atoms with van der Waals surface area (Å²) >= 11 is 0. The lowest BCUT2D eigenvalue weighted by molar-refractivity contribution is -0.133. The van der Waals surface area contributed by atoms with Crippen LogP contribution in [0.3, 0.4) is 0 Å². The molecule has 2 heterocycles. The second-order valence-corrected chi connectivity index (χ2v) is 7.58. The molecule has 0 radical (unpaired) electrons. The highest BCUT2D eigenvalue weighted by atomic mass is 19.1. The lowest BCUT2D eigenvalue weighted by atomic mass is 9.89. The minimum Gasteiger partial charge on any atom is -0.381 e. The Morgan fingerprint density at radius 3 is 3.08 bits per heavy atom. The number of nitrogens with zero attached hydrogens (tertiary/aromatic N) is 2. The van der Waals surface area contributed by atoms with Gasteiger partial charge < -0.3 is 14.4 Å². The fourth-order valence-corrected chi connectivity index (χ4v) is 4.11. The Balaban J connectivity index is 1.42. The summed E-state index contributed by atoms with van der Waals surface area (Å²) in [6.07, 6.45) is 7.05. The smallest absolute Gasteiger partial charge is 0.254 e. The summed E-state index contributed by atoms with van der Waals surface area (Å²) in [7, 11) is 0. The van der Waals surface area contributed by atoms with Crippen molar-refractivity contribution in [1.82, 2.24) is 9.88 Å². The van der Waals surface area contributed by atoms with Gasteiger partial charge in [0.05, 0.1) is 25.4 Å². The van der Waals surface area contributed by atoms with Crippen molar-refractivity contribution in [1.29, 1.82) is 0 Å². The van der Waals surface area contributed by atoms with Crippen LogP contribution in [-0.2, 0) is 9.47 Å². The number of hydrogen-bond acceptors (Lipinski definition) is 4. The molecule has 0 aromatic carbocycles. The van der Waals surface area contributed by atoms with Crippen molar-refractivity contribution in [3.05, 3.63) is 29.8 Å². The summed E-state index contributed by atoms with van der Waals surface area (Å²) in [6, 6.07) is 2.77. The van der Waals surface area contributed by atoms with E-state index in [1.54, 1.807) is 11.0 Å². The largest absolute Gasteiger partial charge is 0.381 e. The van der Waals surface area contributed by atoms with E-state index in [1.807, 2.05) is 0 Å². The van der Waals surface area contributed by atoms with E-state index in [2.05, 4.69) is 4.98 Å². The standard InChI is InChI=1S/C19H25FN2O3/c20-17-10-15(5-7-21-17)18(23)22-8-9-25-19(13-22)6-1-2-16(19)12-24-11-14-3-4-14/h5,7,10,14,16H,1-4,6,8-9,11-13H2/t16-,19+/m0/s1. The normalized spacial score (nSPS) is 29.3. The molecule has 3 fully saturated rings. The highest BCUT2D eigenvalue weighted by Gasteiger charge is 2.48. The molecule has 136 valence electrons. The Hall–Kier alpha value is -1.53. The molecule has 0 N–H and O–H groups in total. The van der Waals surface area contributed by atoms with Gasteiger partial charge >= 0.3 is 0 Å². The molecule has 1 saturated heterocycles. The van der Waals surface area contributed by atoms with Crippen molar-refractivity contribution in [2.45, 2.75) is 37.7 Å². The zero-order chi connectivity index (χ0) is 17.3. The molecule has 4 rings (SSSR count). The second-order valence-electron chi connectivity index (χ2n) is 7.58. The lowest BCUT2D eigenvalue weighted by Crippen LogP contribution is -2.56. The highest BCUT2D eigenvalue weighted by Crippen LogP contribution is 2.42. The summed E-state index contributed by atoms with van der Waals surface area (Å²) in [4.78, 5) is 18.1. The Bertz CT molecular complexity index is 637. The van der Waals surface area contributed by atoms with Gasteiger partial charge in [-0.1, -0.05) is 6.42 Å². The van der Waals surface area contributed by atoms with Gasteiger partial charge in [-0.05, 0) is 37.7 Å². The van der Waals surface area contributed by atoms with Crippen LogP contribution in [0.25, 0.3) is 0 Å². The first kappa shape index (κ1) is 16.9. The van der Waals surface area contributed by atoms with E-state index < -0.39 is 5.95 Å². The van der Waals surface area contributed by atoms with Gasteiger partial charge in [-0.2, -0.15) is 4.39 Å². The number of amides is 1. The van der Waals surface area contributed by atoms with Crippen molar-refractivity contribution in [2.75, 3.05) is 32.9 Å². The fraction of sp³-hybridized carbons (Fsp3) is 0.684. The first-order chi connectivity index (χ1) is 12.2. The summed E-state index contributed by atoms with van der Waals surface area (Å²) in [5.41, 5.74) is 0.0485. The number of pyridine rings is 1. The number of carbonyl (C=O) groups excluding carboxylic acids is 1. The monoisotopic (exact) mass is 348 g/mol. The van der Waals surface area contributed by atoms with Gasteiger partial charge in [-0.25, -0.2) is 4.98 Å². The number of hydrogen-bond donors (Lipinski definition) is 0. The van der Waals surface area contributed by atoms with Crippen LogP contribution in [0.15, 0.2) is 18.3 Å². The van der Waals surface area contributed by atoms with E-state index in [9.17, 15) is 9.18 Å². The van der Waals surface area contributed by atoms with Crippen molar-refractivity contribution >= 4 is 5.91 Å². The van der Waals surface area contributed by atoms with Crippen molar-refractivity contribution in [3.63, 3.8) is 0 Å². The minimum absolute atomic E-state index is 0.145. The van der Waals surface area contributed by atoms with Gasteiger partial charge in [0.25, 0.3) is 5.91 Å². The molecule has 2 saturated carbocycles. The van der Waals surface area contributed by atoms with Crippen LogP contribution in [0.1, 0.15) is 42.5 Å². The quantitative estimate of drug-likeness (QED) is 0.768. The molecule has 1 aromatic rings. The van der Waals surface area contributed by atoms with E-state index in [0.717, 1.165) is 31.8 Å². The first-order valence-corrected chi connectivity index (χ1v) is 9.29. The summed E-state index contributed by atoms with van der Waals surface area (Å²) in [5.74, 6) is 0.315. The van der Waals surface area contributed by atoms with Crippen LogP contribution in [0.4, 0.5) is 4.39 Å². The average Bonchev–Trinajstić information content (AvgIpc) is 3.37. The van der Waals surface area contributed by atoms with Crippen molar-refractivity contribution in [3.8, 4) is 0 Å². The van der Waals surface area contributed by atoms with Crippen LogP contribution in [0.2, 0.25) is 0 Å². The molecular weight excluding hydrogens is 323 g/mol. The number of halogens is 1. The predicted molar refractivity (Wildman–Crippen MR) is 89.7 cm³/mol. The van der Waals surface area contributed by atoms with Crippen molar-refractivity contribution < 1.29 is 18.7 Å². The topological polar surface area (TPSA) is 51.7 Å². The van der Waals surface area contributed by atoms with Crippen LogP contribution < -0.4 is 0 Å². The zero-order valence-electron chi connectivity index (χ0n) is 14.5. The SMILES string of the molecule is O=C(c1ccnc(F)c1)N1CCO[C@]2(CCC[C@H]2COCC2CC2)C1. The van der Waals surface area contributed by atoms with Gasteiger partial charge in [-0.15, -0.1) is 0 Å². The van der Waals surface area contributed by atoms with Gasteiger partial charge in [-0.3, -0.25) is 4.79 Å².